The molecule has 78 valence electrons. The summed E-state index contributed by atoms with van der Waals surface area (Å²) in [5, 5.41) is 0.881. The minimum atomic E-state index is -0.438. The number of esters is 1. The van der Waals surface area contributed by atoms with E-state index in [0.717, 1.165) is 0 Å². The van der Waals surface area contributed by atoms with E-state index in [1.54, 1.807) is 6.92 Å². The number of oxazole rings is 1. The molecule has 1 heterocycles. The number of ether oxygens (including phenoxy) is 1. The van der Waals surface area contributed by atoms with Crippen molar-refractivity contribution in [3.05, 3.63) is 12.0 Å². The Morgan fingerprint density at radius 1 is 1.71 bits per heavy atom. The first-order valence-corrected chi connectivity index (χ1v) is 5.30. The molecule has 4 nitrogen and oxygen atoms in total. The van der Waals surface area contributed by atoms with Crippen LogP contribution in [0.1, 0.15) is 31.3 Å². The summed E-state index contributed by atoms with van der Waals surface area (Å²) in [5.74, 6) is -0.438. The van der Waals surface area contributed by atoms with E-state index in [1.807, 2.05) is 13.8 Å². The highest BCUT2D eigenvalue weighted by Gasteiger charge is 2.13. The van der Waals surface area contributed by atoms with Crippen LogP contribution in [0.5, 0.6) is 0 Å². The number of thioether (sulfide) groups is 1. The number of nitrogens with zero attached hydrogens (tertiary/aromatic N) is 1. The molecular formula is C9H13NO3S. The number of carbonyl (C=O) groups excluding carboxylic acids is 1. The predicted molar refractivity (Wildman–Crippen MR) is 53.5 cm³/mol. The van der Waals surface area contributed by atoms with E-state index in [4.69, 9.17) is 9.15 Å². The molecule has 0 saturated carbocycles. The van der Waals surface area contributed by atoms with Gasteiger partial charge in [-0.3, -0.25) is 0 Å². The lowest BCUT2D eigenvalue weighted by molar-refractivity contribution is 0.0519. The largest absolute Gasteiger partial charge is 0.461 e. The molecule has 1 aromatic heterocycles. The average molecular weight is 215 g/mol. The zero-order chi connectivity index (χ0) is 10.6. The minimum Gasteiger partial charge on any atom is -0.461 e. The van der Waals surface area contributed by atoms with Crippen LogP contribution in [0.15, 0.2) is 15.9 Å². The van der Waals surface area contributed by atoms with E-state index in [-0.39, 0.29) is 5.69 Å². The maximum Gasteiger partial charge on any atom is 0.360 e. The average Bonchev–Trinajstić information content (AvgIpc) is 2.52. The molecule has 0 amide bonds. The van der Waals surface area contributed by atoms with Gasteiger partial charge in [-0.1, -0.05) is 25.6 Å². The van der Waals surface area contributed by atoms with Crippen LogP contribution in [0.4, 0.5) is 0 Å². The van der Waals surface area contributed by atoms with Crippen LogP contribution in [-0.2, 0) is 4.74 Å². The molecule has 1 rings (SSSR count). The SMILES string of the molecule is CCOC(=O)c1coc(SC(C)C)n1. The fraction of sp³-hybridized carbons (Fsp3) is 0.556. The van der Waals surface area contributed by atoms with Crippen molar-refractivity contribution < 1.29 is 13.9 Å². The normalized spacial score (nSPS) is 10.6. The summed E-state index contributed by atoms with van der Waals surface area (Å²) in [6.07, 6.45) is 1.32. The fourth-order valence-electron chi connectivity index (χ4n) is 0.812. The highest BCUT2D eigenvalue weighted by molar-refractivity contribution is 7.99. The van der Waals surface area contributed by atoms with Gasteiger partial charge < -0.3 is 9.15 Å². The van der Waals surface area contributed by atoms with Gasteiger partial charge in [-0.05, 0) is 6.92 Å². The second-order valence-electron chi connectivity index (χ2n) is 2.89. The Labute approximate surface area is 87.0 Å². The molecular weight excluding hydrogens is 202 g/mol. The molecule has 0 unspecified atom stereocenters. The summed E-state index contributed by atoms with van der Waals surface area (Å²) in [6.45, 7) is 6.15. The lowest BCUT2D eigenvalue weighted by Gasteiger charge is -1.97. The van der Waals surface area contributed by atoms with Crippen LogP contribution in [0.3, 0.4) is 0 Å². The lowest BCUT2D eigenvalue weighted by atomic mass is 10.5. The second kappa shape index (κ2) is 5.05. The molecule has 14 heavy (non-hydrogen) atoms. The van der Waals surface area contributed by atoms with E-state index in [1.165, 1.54) is 18.0 Å². The molecule has 0 aliphatic rings. The van der Waals surface area contributed by atoms with Crippen LogP contribution < -0.4 is 0 Å². The van der Waals surface area contributed by atoms with E-state index in [2.05, 4.69) is 4.98 Å². The van der Waals surface area contributed by atoms with Crippen molar-refractivity contribution in [2.24, 2.45) is 0 Å². The molecule has 0 aliphatic carbocycles. The van der Waals surface area contributed by atoms with E-state index in [9.17, 15) is 4.79 Å². The third kappa shape index (κ3) is 3.06. The smallest absolute Gasteiger partial charge is 0.360 e. The summed E-state index contributed by atoms with van der Waals surface area (Å²) in [7, 11) is 0. The van der Waals surface area contributed by atoms with Gasteiger partial charge in [0.2, 0.25) is 0 Å². The summed E-state index contributed by atoms with van der Waals surface area (Å²) in [5.41, 5.74) is 0.231. The predicted octanol–water partition coefficient (Wildman–Crippen LogP) is 2.35. The zero-order valence-corrected chi connectivity index (χ0v) is 9.26. The third-order valence-electron chi connectivity index (χ3n) is 1.30. The quantitative estimate of drug-likeness (QED) is 0.570. The van der Waals surface area contributed by atoms with Crippen molar-refractivity contribution in [3.63, 3.8) is 0 Å². The standard InChI is InChI=1S/C9H13NO3S/c1-4-12-8(11)7-5-13-9(10-7)14-6(2)3/h5-6H,4H2,1-3H3. The molecule has 0 fully saturated rings. The number of hydrogen-bond acceptors (Lipinski definition) is 5. The molecule has 0 spiro atoms. The van der Waals surface area contributed by atoms with Crippen molar-refractivity contribution in [2.75, 3.05) is 6.61 Å². The summed E-state index contributed by atoms with van der Waals surface area (Å²) in [6, 6.07) is 0. The first-order chi connectivity index (χ1) is 6.63. The van der Waals surface area contributed by atoms with Crippen molar-refractivity contribution in [2.45, 2.75) is 31.2 Å². The van der Waals surface area contributed by atoms with E-state index >= 15 is 0 Å². The molecule has 0 radical (unpaired) electrons. The van der Waals surface area contributed by atoms with Crippen LogP contribution >= 0.6 is 11.8 Å². The van der Waals surface area contributed by atoms with Crippen LogP contribution in [0.25, 0.3) is 0 Å². The Hall–Kier alpha value is -0.970. The van der Waals surface area contributed by atoms with Gasteiger partial charge in [0.25, 0.3) is 5.22 Å². The van der Waals surface area contributed by atoms with Gasteiger partial charge in [0.1, 0.15) is 6.26 Å². The summed E-state index contributed by atoms with van der Waals surface area (Å²) >= 11 is 1.47. The molecule has 0 saturated heterocycles. The topological polar surface area (TPSA) is 52.3 Å². The van der Waals surface area contributed by atoms with Crippen molar-refractivity contribution in [3.8, 4) is 0 Å². The Kier molecular flexibility index (Phi) is 4.00. The van der Waals surface area contributed by atoms with Gasteiger partial charge in [0, 0.05) is 5.25 Å². The van der Waals surface area contributed by atoms with E-state index < -0.39 is 5.97 Å². The summed E-state index contributed by atoms with van der Waals surface area (Å²) < 4.78 is 9.87. The maximum absolute atomic E-state index is 11.2. The van der Waals surface area contributed by atoms with Crippen molar-refractivity contribution in [1.82, 2.24) is 4.98 Å². The van der Waals surface area contributed by atoms with Crippen LogP contribution in [-0.4, -0.2) is 22.8 Å². The zero-order valence-electron chi connectivity index (χ0n) is 8.44. The molecule has 0 atom stereocenters. The molecule has 0 aliphatic heterocycles. The minimum absolute atomic E-state index is 0.231. The Balaban J connectivity index is 2.63. The fourth-order valence-corrected chi connectivity index (χ4v) is 1.47. The first kappa shape index (κ1) is 11.1. The molecule has 1 aromatic rings. The number of hydrogen-bond donors (Lipinski definition) is 0. The van der Waals surface area contributed by atoms with Crippen LogP contribution in [0.2, 0.25) is 0 Å². The summed E-state index contributed by atoms with van der Waals surface area (Å²) in [4.78, 5) is 15.2. The highest BCUT2D eigenvalue weighted by atomic mass is 32.2. The van der Waals surface area contributed by atoms with Gasteiger partial charge in [0.15, 0.2) is 5.69 Å². The Bertz CT molecular complexity index is 309. The Morgan fingerprint density at radius 3 is 3.00 bits per heavy atom. The number of rotatable bonds is 4. The lowest BCUT2D eigenvalue weighted by Crippen LogP contribution is -2.04. The van der Waals surface area contributed by atoms with Gasteiger partial charge in [0.05, 0.1) is 6.61 Å². The molecule has 0 N–H and O–H groups in total. The molecule has 5 heteroatoms. The van der Waals surface area contributed by atoms with Crippen LogP contribution in [0, 0.1) is 0 Å². The second-order valence-corrected chi connectivity index (χ2v) is 4.41. The third-order valence-corrected chi connectivity index (χ3v) is 2.16. The van der Waals surface area contributed by atoms with Crippen molar-refractivity contribution >= 4 is 17.7 Å². The highest BCUT2D eigenvalue weighted by Crippen LogP contribution is 2.21. The number of aromatic nitrogens is 1. The van der Waals surface area contributed by atoms with Gasteiger partial charge in [-0.2, -0.15) is 4.98 Å². The Morgan fingerprint density at radius 2 is 2.43 bits per heavy atom. The van der Waals surface area contributed by atoms with Gasteiger partial charge in [-0.15, -0.1) is 0 Å². The monoisotopic (exact) mass is 215 g/mol. The van der Waals surface area contributed by atoms with Gasteiger partial charge >= 0.3 is 5.97 Å². The van der Waals surface area contributed by atoms with E-state index in [0.29, 0.717) is 17.1 Å². The van der Waals surface area contributed by atoms with Gasteiger partial charge in [-0.25, -0.2) is 4.79 Å². The number of carbonyl (C=O) groups is 1. The molecule has 0 aromatic carbocycles. The molecule has 0 bridgehead atoms. The maximum atomic E-state index is 11.2. The van der Waals surface area contributed by atoms with Crippen molar-refractivity contribution in [1.29, 1.82) is 0 Å². The first-order valence-electron chi connectivity index (χ1n) is 4.42.